The van der Waals surface area contributed by atoms with Crippen LogP contribution >= 0.6 is 0 Å². The van der Waals surface area contributed by atoms with Crippen LogP contribution in [0, 0.1) is 0 Å². The molecule has 0 aliphatic carbocycles. The highest BCUT2D eigenvalue weighted by molar-refractivity contribution is 6.03. The molecule has 2 heterocycles. The van der Waals surface area contributed by atoms with Crippen molar-refractivity contribution in [2.75, 3.05) is 0 Å². The summed E-state index contributed by atoms with van der Waals surface area (Å²) < 4.78 is 1.75. The first kappa shape index (κ1) is 8.61. The number of imidazole rings is 1. The quantitative estimate of drug-likeness (QED) is 0.705. The molecule has 72 valence electrons. The number of hydrogen-bond donors (Lipinski definition) is 1. The van der Waals surface area contributed by atoms with Crippen molar-refractivity contribution in [1.82, 2.24) is 24.7 Å². The van der Waals surface area contributed by atoms with Gasteiger partial charge < -0.3 is 4.57 Å². The minimum atomic E-state index is -0.241. The minimum Gasteiger partial charge on any atom is -0.328 e. The highest BCUT2D eigenvalue weighted by Gasteiger charge is 2.16. The first-order valence-electron chi connectivity index (χ1n) is 4.24. The summed E-state index contributed by atoms with van der Waals surface area (Å²) in [5, 5.41) is 6.13. The molecule has 1 N–H and O–H groups in total. The van der Waals surface area contributed by atoms with Gasteiger partial charge in [-0.3, -0.25) is 9.89 Å². The van der Waals surface area contributed by atoms with Crippen LogP contribution in [0.5, 0.6) is 0 Å². The molecule has 0 saturated carbocycles. The second-order valence-electron chi connectivity index (χ2n) is 2.70. The molecule has 0 spiro atoms. The number of carbonyl (C=O) groups is 1. The highest BCUT2D eigenvalue weighted by Crippen LogP contribution is 2.02. The molecule has 0 aliphatic rings. The fraction of sp³-hybridized carbons (Fsp3) is 0.250. The molecule has 0 unspecified atom stereocenters. The van der Waals surface area contributed by atoms with E-state index in [0.29, 0.717) is 12.4 Å². The Morgan fingerprint density at radius 3 is 3.07 bits per heavy atom. The molecule has 2 aromatic heterocycles. The Hall–Kier alpha value is -1.98. The van der Waals surface area contributed by atoms with Crippen molar-refractivity contribution < 1.29 is 4.79 Å². The average Bonchev–Trinajstić information content (AvgIpc) is 2.87. The molecule has 2 rings (SSSR count). The summed E-state index contributed by atoms with van der Waals surface area (Å²) in [5.74, 6) is 0.351. The third-order valence-electron chi connectivity index (χ3n) is 1.89. The van der Waals surface area contributed by atoms with E-state index in [-0.39, 0.29) is 11.6 Å². The van der Waals surface area contributed by atoms with Crippen molar-refractivity contribution in [3.8, 4) is 0 Å². The van der Waals surface area contributed by atoms with Crippen molar-refractivity contribution in [1.29, 1.82) is 0 Å². The van der Waals surface area contributed by atoms with Crippen LogP contribution < -0.4 is 0 Å². The Morgan fingerprint density at radius 2 is 2.43 bits per heavy atom. The largest absolute Gasteiger partial charge is 0.328 e. The fourth-order valence-corrected chi connectivity index (χ4v) is 1.19. The van der Waals surface area contributed by atoms with Crippen molar-refractivity contribution >= 4 is 5.78 Å². The van der Waals surface area contributed by atoms with Gasteiger partial charge in [0.25, 0.3) is 5.78 Å². The number of nitrogens with one attached hydrogen (secondary N) is 1. The zero-order valence-electron chi connectivity index (χ0n) is 7.64. The standard InChI is InChI=1S/C8H9N5O/c1-2-13-4-3-9-8(13)6(14)7-10-5-11-12-7/h3-5H,2H2,1H3,(H,10,11,12). The molecule has 6 nitrogen and oxygen atoms in total. The van der Waals surface area contributed by atoms with Crippen LogP contribution in [0.2, 0.25) is 0 Å². The van der Waals surface area contributed by atoms with E-state index in [9.17, 15) is 4.79 Å². The van der Waals surface area contributed by atoms with Gasteiger partial charge in [0, 0.05) is 18.9 Å². The number of ketones is 1. The molecule has 0 fully saturated rings. The monoisotopic (exact) mass is 191 g/mol. The molecule has 0 radical (unpaired) electrons. The van der Waals surface area contributed by atoms with E-state index in [1.807, 2.05) is 6.92 Å². The predicted molar refractivity (Wildman–Crippen MR) is 47.7 cm³/mol. The third-order valence-corrected chi connectivity index (χ3v) is 1.89. The minimum absolute atomic E-state index is 0.214. The lowest BCUT2D eigenvalue weighted by atomic mass is 10.3. The van der Waals surface area contributed by atoms with E-state index in [1.54, 1.807) is 17.0 Å². The van der Waals surface area contributed by atoms with Gasteiger partial charge in [-0.25, -0.2) is 9.97 Å². The number of aryl methyl sites for hydroxylation is 1. The molecule has 6 heteroatoms. The molecule has 0 bridgehead atoms. The van der Waals surface area contributed by atoms with Gasteiger partial charge in [-0.1, -0.05) is 0 Å². The van der Waals surface area contributed by atoms with E-state index in [0.717, 1.165) is 0 Å². The van der Waals surface area contributed by atoms with Crippen molar-refractivity contribution in [2.45, 2.75) is 13.5 Å². The van der Waals surface area contributed by atoms with E-state index < -0.39 is 0 Å². The van der Waals surface area contributed by atoms with Gasteiger partial charge in [-0.05, 0) is 6.92 Å². The summed E-state index contributed by atoms with van der Waals surface area (Å²) in [6.07, 6.45) is 4.64. The van der Waals surface area contributed by atoms with Gasteiger partial charge in [-0.15, -0.1) is 0 Å². The molecular formula is C8H9N5O. The lowest BCUT2D eigenvalue weighted by Gasteiger charge is -2.00. The Bertz CT molecular complexity index is 430. The Labute approximate surface area is 80.0 Å². The summed E-state index contributed by atoms with van der Waals surface area (Å²) in [6.45, 7) is 2.65. The van der Waals surface area contributed by atoms with Crippen molar-refractivity contribution in [3.63, 3.8) is 0 Å². The Balaban J connectivity index is 2.36. The molecule has 0 amide bonds. The fourth-order valence-electron chi connectivity index (χ4n) is 1.19. The maximum Gasteiger partial charge on any atom is 0.265 e. The van der Waals surface area contributed by atoms with Gasteiger partial charge in [0.1, 0.15) is 6.33 Å². The highest BCUT2D eigenvalue weighted by atomic mass is 16.1. The smallest absolute Gasteiger partial charge is 0.265 e. The molecule has 0 atom stereocenters. The number of aromatic amines is 1. The van der Waals surface area contributed by atoms with Crippen molar-refractivity contribution in [3.05, 3.63) is 30.4 Å². The van der Waals surface area contributed by atoms with Crippen LogP contribution in [0.3, 0.4) is 0 Å². The van der Waals surface area contributed by atoms with E-state index in [1.165, 1.54) is 6.33 Å². The van der Waals surface area contributed by atoms with Crippen LogP contribution in [0.25, 0.3) is 0 Å². The van der Waals surface area contributed by atoms with Gasteiger partial charge in [0.15, 0.2) is 11.6 Å². The van der Waals surface area contributed by atoms with Crippen LogP contribution in [0.1, 0.15) is 23.4 Å². The Morgan fingerprint density at radius 1 is 1.57 bits per heavy atom. The molecule has 0 saturated heterocycles. The maximum absolute atomic E-state index is 11.7. The molecular weight excluding hydrogens is 182 g/mol. The number of carbonyl (C=O) groups excluding carboxylic acids is 1. The number of hydrogen-bond acceptors (Lipinski definition) is 4. The predicted octanol–water partition coefficient (Wildman–Crippen LogP) is 0.252. The first-order chi connectivity index (χ1) is 6.83. The number of nitrogens with zero attached hydrogens (tertiary/aromatic N) is 4. The summed E-state index contributed by atoms with van der Waals surface area (Å²) in [5.41, 5.74) is 0. The van der Waals surface area contributed by atoms with Crippen LogP contribution in [-0.4, -0.2) is 30.5 Å². The topological polar surface area (TPSA) is 76.5 Å². The normalized spacial score (nSPS) is 10.4. The second-order valence-corrected chi connectivity index (χ2v) is 2.70. The summed E-state index contributed by atoms with van der Waals surface area (Å²) >= 11 is 0. The van der Waals surface area contributed by atoms with E-state index in [4.69, 9.17) is 0 Å². The Kier molecular flexibility index (Phi) is 2.10. The lowest BCUT2D eigenvalue weighted by molar-refractivity contribution is 0.101. The van der Waals surface area contributed by atoms with Gasteiger partial charge >= 0.3 is 0 Å². The zero-order chi connectivity index (χ0) is 9.97. The van der Waals surface area contributed by atoms with E-state index >= 15 is 0 Å². The van der Waals surface area contributed by atoms with Crippen LogP contribution in [-0.2, 0) is 6.54 Å². The SMILES string of the molecule is CCn1ccnc1C(=O)c1ncn[nH]1. The molecule has 2 aromatic rings. The molecule has 0 aliphatic heterocycles. The van der Waals surface area contributed by atoms with Gasteiger partial charge in [0.2, 0.25) is 0 Å². The van der Waals surface area contributed by atoms with Gasteiger partial charge in [-0.2, -0.15) is 5.10 Å². The number of aromatic nitrogens is 5. The van der Waals surface area contributed by atoms with Crippen LogP contribution in [0.4, 0.5) is 0 Å². The third kappa shape index (κ3) is 1.30. The zero-order valence-corrected chi connectivity index (χ0v) is 7.64. The number of H-pyrrole nitrogens is 1. The second kappa shape index (κ2) is 3.41. The lowest BCUT2D eigenvalue weighted by Crippen LogP contribution is -2.11. The molecule has 14 heavy (non-hydrogen) atoms. The van der Waals surface area contributed by atoms with Gasteiger partial charge in [0.05, 0.1) is 0 Å². The van der Waals surface area contributed by atoms with E-state index in [2.05, 4.69) is 20.2 Å². The summed E-state index contributed by atoms with van der Waals surface area (Å²) in [7, 11) is 0. The maximum atomic E-state index is 11.7. The van der Waals surface area contributed by atoms with Crippen molar-refractivity contribution in [2.24, 2.45) is 0 Å². The summed E-state index contributed by atoms with van der Waals surface area (Å²) in [6, 6.07) is 0. The summed E-state index contributed by atoms with van der Waals surface area (Å²) in [4.78, 5) is 19.5. The van der Waals surface area contributed by atoms with Crippen LogP contribution in [0.15, 0.2) is 18.7 Å². The number of rotatable bonds is 3. The molecule has 0 aromatic carbocycles. The average molecular weight is 191 g/mol. The first-order valence-corrected chi connectivity index (χ1v) is 4.24.